The summed E-state index contributed by atoms with van der Waals surface area (Å²) >= 11 is 0. The van der Waals surface area contributed by atoms with E-state index in [2.05, 4.69) is 37.5 Å². The molecule has 2 aromatic carbocycles. The first-order chi connectivity index (χ1) is 17.6. The molecule has 0 spiro atoms. The molecule has 0 saturated carbocycles. The SMILES string of the molecule is CCCN(CCC)CCCOc1ccc2c(c1)S(=O)c1cc(OCCCN(CCC)CCC)ccc1-2. The summed E-state index contributed by atoms with van der Waals surface area (Å²) in [5.41, 5.74) is 2.07. The molecule has 0 bridgehead atoms. The number of rotatable bonds is 18. The summed E-state index contributed by atoms with van der Waals surface area (Å²) in [4.78, 5) is 6.69. The highest BCUT2D eigenvalue weighted by atomic mass is 32.2. The van der Waals surface area contributed by atoms with E-state index in [-0.39, 0.29) is 0 Å². The molecule has 0 fully saturated rings. The Hall–Kier alpha value is -1.89. The first kappa shape index (κ1) is 28.7. The van der Waals surface area contributed by atoms with E-state index in [1.807, 2.05) is 36.4 Å². The van der Waals surface area contributed by atoms with E-state index in [4.69, 9.17) is 9.47 Å². The highest BCUT2D eigenvalue weighted by Gasteiger charge is 2.26. The lowest BCUT2D eigenvalue weighted by Gasteiger charge is -2.20. The van der Waals surface area contributed by atoms with Crippen LogP contribution in [-0.4, -0.2) is 66.5 Å². The van der Waals surface area contributed by atoms with Crippen LogP contribution in [-0.2, 0) is 10.8 Å². The van der Waals surface area contributed by atoms with Crippen LogP contribution in [0.5, 0.6) is 11.5 Å². The lowest BCUT2D eigenvalue weighted by molar-refractivity contribution is 0.234. The van der Waals surface area contributed by atoms with E-state index in [0.29, 0.717) is 13.2 Å². The van der Waals surface area contributed by atoms with Crippen LogP contribution in [0, 0.1) is 0 Å². The second kappa shape index (κ2) is 15.4. The maximum absolute atomic E-state index is 13.3. The summed E-state index contributed by atoms with van der Waals surface area (Å²) in [6, 6.07) is 12.0. The van der Waals surface area contributed by atoms with Crippen molar-refractivity contribution in [2.45, 2.75) is 76.0 Å². The molecule has 0 saturated heterocycles. The standard InChI is InChI=1S/C30H46N2O3S/c1-5-15-31(16-6-2)19-9-21-34-25-11-13-27-28-14-12-26(24-30(28)36(33)29(27)23-25)35-22-10-20-32(17-7-3)18-8-4/h11-14,23-24H,5-10,15-22H2,1-4H3. The Labute approximate surface area is 221 Å². The number of ether oxygens (including phenoxy) is 2. The molecule has 0 aliphatic carbocycles. The largest absolute Gasteiger partial charge is 0.494 e. The van der Waals surface area contributed by atoms with Crippen molar-refractivity contribution in [3.8, 4) is 22.6 Å². The third kappa shape index (κ3) is 8.06. The minimum absolute atomic E-state index is 0.675. The Balaban J connectivity index is 1.52. The summed E-state index contributed by atoms with van der Waals surface area (Å²) in [6.07, 6.45) is 6.72. The van der Waals surface area contributed by atoms with Gasteiger partial charge in [0.25, 0.3) is 0 Å². The van der Waals surface area contributed by atoms with E-state index < -0.39 is 10.8 Å². The molecule has 0 unspecified atom stereocenters. The van der Waals surface area contributed by atoms with Gasteiger partial charge in [0, 0.05) is 13.1 Å². The molecule has 0 amide bonds. The number of hydrogen-bond acceptors (Lipinski definition) is 5. The van der Waals surface area contributed by atoms with E-state index in [1.165, 1.54) is 25.7 Å². The first-order valence-electron chi connectivity index (χ1n) is 14.0. The minimum Gasteiger partial charge on any atom is -0.494 e. The molecule has 5 nitrogen and oxygen atoms in total. The predicted molar refractivity (Wildman–Crippen MR) is 151 cm³/mol. The molecule has 0 radical (unpaired) electrons. The molecule has 36 heavy (non-hydrogen) atoms. The summed E-state index contributed by atoms with van der Waals surface area (Å²) in [5, 5.41) is 0. The third-order valence-electron chi connectivity index (χ3n) is 6.53. The fraction of sp³-hybridized carbons (Fsp3) is 0.600. The second-order valence-corrected chi connectivity index (χ2v) is 11.1. The maximum atomic E-state index is 13.3. The predicted octanol–water partition coefficient (Wildman–Crippen LogP) is 6.62. The monoisotopic (exact) mass is 514 g/mol. The Morgan fingerprint density at radius 3 is 1.36 bits per heavy atom. The smallest absolute Gasteiger partial charge is 0.120 e. The Morgan fingerprint density at radius 1 is 0.611 bits per heavy atom. The molecule has 1 heterocycles. The van der Waals surface area contributed by atoms with Gasteiger partial charge in [-0.15, -0.1) is 0 Å². The van der Waals surface area contributed by atoms with Crippen LogP contribution in [0.3, 0.4) is 0 Å². The number of benzene rings is 2. The Morgan fingerprint density at radius 2 is 1.00 bits per heavy atom. The van der Waals surface area contributed by atoms with Crippen molar-refractivity contribution in [3.05, 3.63) is 36.4 Å². The van der Waals surface area contributed by atoms with Crippen LogP contribution < -0.4 is 9.47 Å². The Bertz CT molecular complexity index is 878. The van der Waals surface area contributed by atoms with E-state index in [0.717, 1.165) is 84.5 Å². The second-order valence-electron chi connectivity index (χ2n) is 9.67. The zero-order valence-corrected chi connectivity index (χ0v) is 23.7. The van der Waals surface area contributed by atoms with Crippen LogP contribution in [0.4, 0.5) is 0 Å². The van der Waals surface area contributed by atoms with Gasteiger partial charge in [0.2, 0.25) is 0 Å². The van der Waals surface area contributed by atoms with Gasteiger partial charge in [-0.05, 0) is 112 Å². The van der Waals surface area contributed by atoms with Gasteiger partial charge < -0.3 is 19.3 Å². The van der Waals surface area contributed by atoms with Gasteiger partial charge >= 0.3 is 0 Å². The van der Waals surface area contributed by atoms with E-state index in [1.54, 1.807) is 0 Å². The van der Waals surface area contributed by atoms with Gasteiger partial charge in [0.1, 0.15) is 11.5 Å². The summed E-state index contributed by atoms with van der Waals surface area (Å²) < 4.78 is 25.4. The van der Waals surface area contributed by atoms with Crippen LogP contribution >= 0.6 is 0 Å². The van der Waals surface area contributed by atoms with Crippen molar-refractivity contribution >= 4 is 10.8 Å². The van der Waals surface area contributed by atoms with Gasteiger partial charge in [-0.25, -0.2) is 4.21 Å². The molecule has 200 valence electrons. The summed E-state index contributed by atoms with van der Waals surface area (Å²) in [6.45, 7) is 17.0. The molecule has 0 atom stereocenters. The molecule has 2 aromatic rings. The molecule has 3 rings (SSSR count). The van der Waals surface area contributed by atoms with Crippen molar-refractivity contribution < 1.29 is 13.7 Å². The van der Waals surface area contributed by atoms with Crippen LogP contribution in [0.2, 0.25) is 0 Å². The van der Waals surface area contributed by atoms with Crippen LogP contribution in [0.25, 0.3) is 11.1 Å². The highest BCUT2D eigenvalue weighted by molar-refractivity contribution is 7.85. The lowest BCUT2D eigenvalue weighted by atomic mass is 10.1. The van der Waals surface area contributed by atoms with Gasteiger partial charge in [0.15, 0.2) is 0 Å². The van der Waals surface area contributed by atoms with Crippen molar-refractivity contribution in [3.63, 3.8) is 0 Å². The molecular weight excluding hydrogens is 468 g/mol. The maximum Gasteiger partial charge on any atom is 0.120 e. The molecule has 6 heteroatoms. The molecule has 1 aliphatic heterocycles. The highest BCUT2D eigenvalue weighted by Crippen LogP contribution is 2.43. The zero-order valence-electron chi connectivity index (χ0n) is 22.9. The number of hydrogen-bond donors (Lipinski definition) is 0. The lowest BCUT2D eigenvalue weighted by Crippen LogP contribution is -2.27. The van der Waals surface area contributed by atoms with E-state index in [9.17, 15) is 4.21 Å². The minimum atomic E-state index is -1.21. The van der Waals surface area contributed by atoms with Crippen LogP contribution in [0.15, 0.2) is 46.2 Å². The van der Waals surface area contributed by atoms with Crippen molar-refractivity contribution in [2.24, 2.45) is 0 Å². The average Bonchev–Trinajstić information content (AvgIpc) is 3.15. The molecular formula is C30H46N2O3S. The van der Waals surface area contributed by atoms with Crippen molar-refractivity contribution in [1.29, 1.82) is 0 Å². The van der Waals surface area contributed by atoms with Crippen molar-refractivity contribution in [2.75, 3.05) is 52.5 Å². The van der Waals surface area contributed by atoms with Gasteiger partial charge in [-0.3, -0.25) is 0 Å². The Kier molecular flexibility index (Phi) is 12.3. The molecule has 0 aromatic heterocycles. The van der Waals surface area contributed by atoms with E-state index >= 15 is 0 Å². The topological polar surface area (TPSA) is 42.0 Å². The zero-order chi connectivity index (χ0) is 25.8. The quantitative estimate of drug-likeness (QED) is 0.179. The normalized spacial score (nSPS) is 12.8. The average molecular weight is 515 g/mol. The van der Waals surface area contributed by atoms with Crippen molar-refractivity contribution in [1.82, 2.24) is 9.80 Å². The fourth-order valence-corrected chi connectivity index (χ4v) is 6.39. The number of fused-ring (bicyclic) bond motifs is 3. The third-order valence-corrected chi connectivity index (χ3v) is 8.00. The fourth-order valence-electron chi connectivity index (χ4n) is 4.95. The summed E-state index contributed by atoms with van der Waals surface area (Å²) in [5.74, 6) is 1.60. The molecule has 0 N–H and O–H groups in total. The first-order valence-corrected chi connectivity index (χ1v) is 15.2. The van der Waals surface area contributed by atoms with Gasteiger partial charge in [0.05, 0.1) is 33.8 Å². The van der Waals surface area contributed by atoms with Crippen LogP contribution in [0.1, 0.15) is 66.2 Å². The summed E-state index contributed by atoms with van der Waals surface area (Å²) in [7, 11) is -1.21. The van der Waals surface area contributed by atoms with Gasteiger partial charge in [-0.2, -0.15) is 0 Å². The number of nitrogens with zero attached hydrogens (tertiary/aromatic N) is 2. The van der Waals surface area contributed by atoms with Gasteiger partial charge in [-0.1, -0.05) is 27.7 Å². The molecule has 1 aliphatic rings.